The minimum atomic E-state index is -0.256. The lowest BCUT2D eigenvalue weighted by Crippen LogP contribution is -2.10. The first-order valence-corrected chi connectivity index (χ1v) is 6.29. The summed E-state index contributed by atoms with van der Waals surface area (Å²) in [5.41, 5.74) is 2.39. The van der Waals surface area contributed by atoms with E-state index in [4.69, 9.17) is 0 Å². The van der Waals surface area contributed by atoms with Crippen LogP contribution in [0.4, 0.5) is 0 Å². The average molecular weight is 245 g/mol. The molecule has 18 heavy (non-hydrogen) atoms. The molecule has 0 aliphatic heterocycles. The van der Waals surface area contributed by atoms with Gasteiger partial charge in [-0.1, -0.05) is 0 Å². The second kappa shape index (κ2) is 6.31. The Morgan fingerprint density at radius 3 is 2.50 bits per heavy atom. The van der Waals surface area contributed by atoms with Crippen molar-refractivity contribution in [1.29, 1.82) is 0 Å². The molecule has 2 rings (SSSR count). The van der Waals surface area contributed by atoms with Crippen LogP contribution in [0.3, 0.4) is 0 Å². The van der Waals surface area contributed by atoms with Crippen molar-refractivity contribution >= 4 is 0 Å². The van der Waals surface area contributed by atoms with Crippen LogP contribution in [-0.2, 0) is 19.9 Å². The molecule has 0 saturated heterocycles. The Kier molecular flexibility index (Phi) is 4.47. The number of hydrogen-bond acceptors (Lipinski definition) is 3. The predicted octanol–water partition coefficient (Wildman–Crippen LogP) is 1.74. The third-order valence-corrected chi connectivity index (χ3v) is 3.17. The van der Waals surface area contributed by atoms with E-state index >= 15 is 0 Å². The molecule has 0 fully saturated rings. The molecule has 1 N–H and O–H groups in total. The van der Waals surface area contributed by atoms with Gasteiger partial charge in [0.25, 0.3) is 0 Å². The zero-order valence-electron chi connectivity index (χ0n) is 10.7. The van der Waals surface area contributed by atoms with Gasteiger partial charge in [0.1, 0.15) is 0 Å². The summed E-state index contributed by atoms with van der Waals surface area (Å²) in [6, 6.07) is 5.98. The quantitative estimate of drug-likeness (QED) is 0.843. The highest BCUT2D eigenvalue weighted by atomic mass is 16.3. The maximum absolute atomic E-state index is 9.95. The fourth-order valence-corrected chi connectivity index (χ4v) is 1.99. The summed E-state index contributed by atoms with van der Waals surface area (Å²) in [4.78, 5) is 3.98. The Morgan fingerprint density at radius 2 is 1.83 bits per heavy atom. The number of aliphatic hydroxyl groups excluding tert-OH is 1. The summed E-state index contributed by atoms with van der Waals surface area (Å²) in [6.07, 6.45) is 8.45. The number of aliphatic hydroxyl groups is 1. The van der Waals surface area contributed by atoms with Crippen molar-refractivity contribution < 1.29 is 5.11 Å². The highest BCUT2D eigenvalue weighted by molar-refractivity contribution is 5.09. The number of aromatic nitrogens is 3. The van der Waals surface area contributed by atoms with E-state index in [0.29, 0.717) is 0 Å². The molecule has 2 aromatic rings. The molecule has 0 saturated carbocycles. The summed E-state index contributed by atoms with van der Waals surface area (Å²) < 4.78 is 1.86. The molecular formula is C14H19N3O. The Bertz CT molecular complexity index is 467. The van der Waals surface area contributed by atoms with Gasteiger partial charge in [0.2, 0.25) is 0 Å². The van der Waals surface area contributed by atoms with Crippen LogP contribution < -0.4 is 0 Å². The molecule has 2 aromatic heterocycles. The first-order chi connectivity index (χ1) is 8.75. The van der Waals surface area contributed by atoms with Crippen molar-refractivity contribution in [2.45, 2.75) is 31.8 Å². The van der Waals surface area contributed by atoms with Gasteiger partial charge in [0, 0.05) is 31.3 Å². The van der Waals surface area contributed by atoms with Crippen LogP contribution in [0.2, 0.25) is 0 Å². The summed E-state index contributed by atoms with van der Waals surface area (Å²) in [6.45, 7) is 0. The minimum absolute atomic E-state index is 0.256. The zero-order valence-corrected chi connectivity index (χ0v) is 10.7. The van der Waals surface area contributed by atoms with Crippen LogP contribution in [0.15, 0.2) is 36.8 Å². The lowest BCUT2D eigenvalue weighted by Gasteiger charge is -2.10. The molecule has 1 atom stereocenters. The smallest absolute Gasteiger partial charge is 0.0547 e. The van der Waals surface area contributed by atoms with Gasteiger partial charge in [-0.05, 0) is 49.4 Å². The van der Waals surface area contributed by atoms with E-state index in [-0.39, 0.29) is 6.10 Å². The van der Waals surface area contributed by atoms with E-state index in [1.165, 1.54) is 5.56 Å². The van der Waals surface area contributed by atoms with Gasteiger partial charge in [-0.3, -0.25) is 9.67 Å². The molecule has 4 nitrogen and oxygen atoms in total. The fourth-order valence-electron chi connectivity index (χ4n) is 1.99. The van der Waals surface area contributed by atoms with Gasteiger partial charge in [0.05, 0.1) is 6.10 Å². The van der Waals surface area contributed by atoms with Crippen molar-refractivity contribution in [3.8, 4) is 0 Å². The SMILES string of the molecule is Cn1nccc1CCC(O)CCc1ccncc1. The molecule has 0 spiro atoms. The maximum Gasteiger partial charge on any atom is 0.0547 e. The highest BCUT2D eigenvalue weighted by Crippen LogP contribution is 2.09. The molecule has 0 amide bonds. The number of nitrogens with zero attached hydrogens (tertiary/aromatic N) is 3. The van der Waals surface area contributed by atoms with Crippen molar-refractivity contribution in [1.82, 2.24) is 14.8 Å². The topological polar surface area (TPSA) is 50.9 Å². The largest absolute Gasteiger partial charge is 0.393 e. The van der Waals surface area contributed by atoms with Crippen LogP contribution in [0.1, 0.15) is 24.1 Å². The molecule has 0 aliphatic rings. The zero-order chi connectivity index (χ0) is 12.8. The second-order valence-electron chi connectivity index (χ2n) is 4.53. The maximum atomic E-state index is 9.95. The molecule has 2 heterocycles. The van der Waals surface area contributed by atoms with Gasteiger partial charge in [-0.2, -0.15) is 5.10 Å². The lowest BCUT2D eigenvalue weighted by atomic mass is 10.0. The van der Waals surface area contributed by atoms with E-state index in [9.17, 15) is 5.11 Å². The van der Waals surface area contributed by atoms with E-state index in [1.807, 2.05) is 29.9 Å². The van der Waals surface area contributed by atoms with E-state index in [0.717, 1.165) is 31.4 Å². The second-order valence-corrected chi connectivity index (χ2v) is 4.53. The summed E-state index contributed by atoms with van der Waals surface area (Å²) in [5.74, 6) is 0. The van der Waals surface area contributed by atoms with Gasteiger partial charge >= 0.3 is 0 Å². The average Bonchev–Trinajstić information content (AvgIpc) is 2.81. The molecule has 0 aliphatic carbocycles. The fraction of sp³-hybridized carbons (Fsp3) is 0.429. The molecule has 4 heteroatoms. The molecule has 0 bridgehead atoms. The number of pyridine rings is 1. The third kappa shape index (κ3) is 3.67. The number of aryl methyl sites for hydroxylation is 3. The standard InChI is InChI=1S/C14H19N3O/c1-17-13(8-11-16-17)3-5-14(18)4-2-12-6-9-15-10-7-12/h6-11,14,18H,2-5H2,1H3. The first-order valence-electron chi connectivity index (χ1n) is 6.29. The number of rotatable bonds is 6. The van der Waals surface area contributed by atoms with E-state index in [1.54, 1.807) is 18.6 Å². The Labute approximate surface area is 107 Å². The third-order valence-electron chi connectivity index (χ3n) is 3.17. The van der Waals surface area contributed by atoms with Crippen molar-refractivity contribution in [3.63, 3.8) is 0 Å². The van der Waals surface area contributed by atoms with Gasteiger partial charge in [-0.25, -0.2) is 0 Å². The van der Waals surface area contributed by atoms with Crippen LogP contribution in [-0.4, -0.2) is 26.0 Å². The molecule has 0 radical (unpaired) electrons. The molecule has 0 aromatic carbocycles. The van der Waals surface area contributed by atoms with Crippen molar-refractivity contribution in [2.24, 2.45) is 7.05 Å². The summed E-state index contributed by atoms with van der Waals surface area (Å²) >= 11 is 0. The Hall–Kier alpha value is -1.68. The number of hydrogen-bond donors (Lipinski definition) is 1. The van der Waals surface area contributed by atoms with Crippen LogP contribution in [0.25, 0.3) is 0 Å². The highest BCUT2D eigenvalue weighted by Gasteiger charge is 2.07. The van der Waals surface area contributed by atoms with Gasteiger partial charge in [0.15, 0.2) is 0 Å². The van der Waals surface area contributed by atoms with Crippen LogP contribution >= 0.6 is 0 Å². The van der Waals surface area contributed by atoms with E-state index in [2.05, 4.69) is 10.1 Å². The Balaban J connectivity index is 1.73. The normalized spacial score (nSPS) is 12.6. The first kappa shape index (κ1) is 12.8. The Morgan fingerprint density at radius 1 is 1.11 bits per heavy atom. The lowest BCUT2D eigenvalue weighted by molar-refractivity contribution is 0.154. The van der Waals surface area contributed by atoms with Gasteiger partial charge < -0.3 is 5.11 Å². The monoisotopic (exact) mass is 245 g/mol. The van der Waals surface area contributed by atoms with Crippen molar-refractivity contribution in [3.05, 3.63) is 48.0 Å². The molecule has 1 unspecified atom stereocenters. The van der Waals surface area contributed by atoms with Crippen LogP contribution in [0, 0.1) is 0 Å². The van der Waals surface area contributed by atoms with E-state index < -0.39 is 0 Å². The van der Waals surface area contributed by atoms with Crippen molar-refractivity contribution in [2.75, 3.05) is 0 Å². The predicted molar refractivity (Wildman–Crippen MR) is 70.1 cm³/mol. The summed E-state index contributed by atoms with van der Waals surface area (Å²) in [5, 5.41) is 14.1. The minimum Gasteiger partial charge on any atom is -0.393 e. The molecule has 96 valence electrons. The molecular weight excluding hydrogens is 226 g/mol. The van der Waals surface area contributed by atoms with Gasteiger partial charge in [-0.15, -0.1) is 0 Å². The summed E-state index contributed by atoms with van der Waals surface area (Å²) in [7, 11) is 1.93. The van der Waals surface area contributed by atoms with Crippen LogP contribution in [0.5, 0.6) is 0 Å².